The fraction of sp³-hybridized carbons (Fsp3) is 0.250. The molecule has 0 aliphatic carbocycles. The molecular formula is C28H30N6O6S. The first-order chi connectivity index (χ1) is 19.6. The third-order valence-electron chi connectivity index (χ3n) is 6.86. The lowest BCUT2D eigenvalue weighted by molar-refractivity contribution is -0.129. The second-order valence-electron chi connectivity index (χ2n) is 9.65. The first-order valence-corrected chi connectivity index (χ1v) is 14.2. The Bertz CT molecular complexity index is 1690. The second-order valence-corrected chi connectivity index (χ2v) is 11.3. The molecule has 4 aromatic rings. The van der Waals surface area contributed by atoms with Gasteiger partial charge in [-0.1, -0.05) is 24.3 Å². The summed E-state index contributed by atoms with van der Waals surface area (Å²) >= 11 is 0. The third kappa shape index (κ3) is 6.01. The zero-order valence-corrected chi connectivity index (χ0v) is 23.3. The zero-order chi connectivity index (χ0) is 29.2. The van der Waals surface area contributed by atoms with Crippen LogP contribution >= 0.6 is 0 Å². The third-order valence-corrected chi connectivity index (χ3v) is 8.20. The number of carbonyl (C=O) groups is 1. The maximum absolute atomic E-state index is 13.6. The minimum absolute atomic E-state index is 0.0143. The Morgan fingerprint density at radius 3 is 2.27 bits per heavy atom. The predicted octanol–water partition coefficient (Wildman–Crippen LogP) is 3.23. The number of ether oxygens (including phenoxy) is 3. The average molecular weight is 579 g/mol. The van der Waals surface area contributed by atoms with E-state index in [1.54, 1.807) is 48.5 Å². The summed E-state index contributed by atoms with van der Waals surface area (Å²) in [5, 5.41) is 3.13. The number of anilines is 3. The predicted molar refractivity (Wildman–Crippen MR) is 154 cm³/mol. The van der Waals surface area contributed by atoms with Crippen molar-refractivity contribution in [3.8, 4) is 11.5 Å². The van der Waals surface area contributed by atoms with Gasteiger partial charge in [0, 0.05) is 36.9 Å². The fourth-order valence-corrected chi connectivity index (χ4v) is 5.62. The van der Waals surface area contributed by atoms with E-state index >= 15 is 0 Å². The topological polar surface area (TPSA) is 181 Å². The van der Waals surface area contributed by atoms with Crippen LogP contribution in [0.2, 0.25) is 0 Å². The number of nitrogens with zero attached hydrogens (tertiary/aromatic N) is 2. The number of nitrogens with one attached hydrogen (secondary N) is 2. The van der Waals surface area contributed by atoms with Gasteiger partial charge in [-0.2, -0.15) is 0 Å². The molecule has 2 atom stereocenters. The van der Waals surface area contributed by atoms with Crippen LogP contribution in [-0.2, 0) is 19.6 Å². The van der Waals surface area contributed by atoms with Crippen molar-refractivity contribution in [2.75, 3.05) is 30.9 Å². The Morgan fingerprint density at radius 2 is 1.63 bits per heavy atom. The van der Waals surface area contributed by atoms with Crippen molar-refractivity contribution in [2.45, 2.75) is 29.4 Å². The van der Waals surface area contributed by atoms with E-state index in [1.165, 1.54) is 26.4 Å². The van der Waals surface area contributed by atoms with Gasteiger partial charge in [-0.15, -0.1) is 0 Å². The number of methoxy groups -OCH3 is 2. The standard InChI is InChI=1S/C28H30N6O6S/c1-38-19-13-18(14-20(15-19)39-2)31-25-26(33-23-9-4-3-8-22(23)32-25)34-41(36,37)21-7-5-6-17(12-21)24-16-28(30,27(29)35)10-11-40-24/h3-9,12-15,24H,10-11,16,30H2,1-2H3,(H2,29,35)(H,31,32)(H,33,34). The lowest BCUT2D eigenvalue weighted by Crippen LogP contribution is -2.55. The first kappa shape index (κ1) is 28.1. The molecule has 1 aliphatic rings. The highest BCUT2D eigenvalue weighted by molar-refractivity contribution is 7.92. The Labute approximate surface area is 237 Å². The second kappa shape index (κ2) is 11.2. The van der Waals surface area contributed by atoms with Gasteiger partial charge in [0.05, 0.1) is 36.3 Å². The van der Waals surface area contributed by atoms with E-state index in [0.29, 0.717) is 33.8 Å². The van der Waals surface area contributed by atoms with Crippen molar-refractivity contribution in [2.24, 2.45) is 11.5 Å². The normalized spacial score (nSPS) is 19.0. The SMILES string of the molecule is COc1cc(Nc2nc3ccccc3nc2NS(=O)(=O)c2cccc(C3CC(N)(C(N)=O)CCO3)c2)cc(OC)c1. The molecule has 0 bridgehead atoms. The molecule has 2 heterocycles. The highest BCUT2D eigenvalue weighted by Crippen LogP contribution is 2.35. The summed E-state index contributed by atoms with van der Waals surface area (Å²) in [4.78, 5) is 21.1. The highest BCUT2D eigenvalue weighted by Gasteiger charge is 2.39. The number of amides is 1. The van der Waals surface area contributed by atoms with E-state index in [-0.39, 0.29) is 36.0 Å². The monoisotopic (exact) mass is 578 g/mol. The lowest BCUT2D eigenvalue weighted by atomic mass is 9.85. The van der Waals surface area contributed by atoms with E-state index in [4.69, 9.17) is 25.7 Å². The minimum Gasteiger partial charge on any atom is -0.497 e. The number of primary amides is 1. The number of para-hydroxylation sites is 2. The number of aromatic nitrogens is 2. The van der Waals surface area contributed by atoms with Gasteiger partial charge in [-0.05, 0) is 36.2 Å². The molecule has 1 fully saturated rings. The van der Waals surface area contributed by atoms with Gasteiger partial charge in [0.25, 0.3) is 10.0 Å². The summed E-state index contributed by atoms with van der Waals surface area (Å²) in [6, 6.07) is 18.5. The Hall–Kier alpha value is -4.46. The molecule has 12 nitrogen and oxygen atoms in total. The van der Waals surface area contributed by atoms with Crippen molar-refractivity contribution >= 4 is 44.3 Å². The first-order valence-electron chi connectivity index (χ1n) is 12.7. The lowest BCUT2D eigenvalue weighted by Gasteiger charge is -2.35. The largest absolute Gasteiger partial charge is 0.497 e. The summed E-state index contributed by atoms with van der Waals surface area (Å²) in [7, 11) is -1.09. The summed E-state index contributed by atoms with van der Waals surface area (Å²) in [6.45, 7) is 0.218. The van der Waals surface area contributed by atoms with E-state index in [1.807, 2.05) is 6.07 Å². The number of fused-ring (bicyclic) bond motifs is 1. The van der Waals surface area contributed by atoms with Crippen LogP contribution in [0.5, 0.6) is 11.5 Å². The number of hydrogen-bond acceptors (Lipinski definition) is 10. The number of sulfonamides is 1. The molecule has 0 radical (unpaired) electrons. The van der Waals surface area contributed by atoms with Crippen LogP contribution in [0.1, 0.15) is 24.5 Å². The van der Waals surface area contributed by atoms with Gasteiger partial charge in [-0.3, -0.25) is 9.52 Å². The van der Waals surface area contributed by atoms with Crippen LogP contribution in [0, 0.1) is 0 Å². The molecule has 5 rings (SSSR count). The molecule has 6 N–H and O–H groups in total. The molecular weight excluding hydrogens is 548 g/mol. The number of carbonyl (C=O) groups excluding carboxylic acids is 1. The summed E-state index contributed by atoms with van der Waals surface area (Å²) < 4.78 is 46.3. The number of rotatable bonds is 9. The molecule has 0 saturated carbocycles. The van der Waals surface area contributed by atoms with Crippen LogP contribution < -0.4 is 31.0 Å². The van der Waals surface area contributed by atoms with Crippen molar-refractivity contribution in [1.82, 2.24) is 9.97 Å². The van der Waals surface area contributed by atoms with Gasteiger partial charge in [0.2, 0.25) is 5.91 Å². The smallest absolute Gasteiger partial charge is 0.263 e. The molecule has 41 heavy (non-hydrogen) atoms. The molecule has 1 saturated heterocycles. The molecule has 2 unspecified atom stereocenters. The Kier molecular flexibility index (Phi) is 7.67. The Morgan fingerprint density at radius 1 is 0.976 bits per heavy atom. The summed E-state index contributed by atoms with van der Waals surface area (Å²) in [5.41, 5.74) is 12.6. The molecule has 3 aromatic carbocycles. The van der Waals surface area contributed by atoms with Gasteiger partial charge in [-0.25, -0.2) is 18.4 Å². The molecule has 1 aliphatic heterocycles. The maximum atomic E-state index is 13.6. The fourth-order valence-electron chi connectivity index (χ4n) is 4.56. The zero-order valence-electron chi connectivity index (χ0n) is 22.5. The average Bonchev–Trinajstić information content (AvgIpc) is 2.97. The van der Waals surface area contributed by atoms with E-state index in [2.05, 4.69) is 20.0 Å². The van der Waals surface area contributed by atoms with Gasteiger partial charge >= 0.3 is 0 Å². The van der Waals surface area contributed by atoms with Gasteiger partial charge in [0.1, 0.15) is 17.0 Å². The summed E-state index contributed by atoms with van der Waals surface area (Å²) in [5.74, 6) is 0.590. The highest BCUT2D eigenvalue weighted by atomic mass is 32.2. The molecule has 1 amide bonds. The van der Waals surface area contributed by atoms with E-state index < -0.39 is 27.6 Å². The van der Waals surface area contributed by atoms with Crippen LogP contribution in [0.15, 0.2) is 71.6 Å². The molecule has 0 spiro atoms. The van der Waals surface area contributed by atoms with Crippen molar-refractivity contribution < 1.29 is 27.4 Å². The molecule has 214 valence electrons. The van der Waals surface area contributed by atoms with Gasteiger partial charge in [0.15, 0.2) is 11.6 Å². The van der Waals surface area contributed by atoms with Crippen molar-refractivity contribution in [3.05, 3.63) is 72.3 Å². The Balaban J connectivity index is 1.49. The quantitative estimate of drug-likeness (QED) is 0.230. The number of hydrogen-bond donors (Lipinski definition) is 4. The van der Waals surface area contributed by atoms with Crippen LogP contribution in [0.4, 0.5) is 17.3 Å². The molecule has 1 aromatic heterocycles. The number of benzene rings is 3. The molecule has 13 heteroatoms. The van der Waals surface area contributed by atoms with E-state index in [9.17, 15) is 13.2 Å². The van der Waals surface area contributed by atoms with Crippen LogP contribution in [0.3, 0.4) is 0 Å². The number of nitrogens with two attached hydrogens (primary N) is 2. The summed E-state index contributed by atoms with van der Waals surface area (Å²) in [6.07, 6.45) is -0.182. The van der Waals surface area contributed by atoms with Crippen LogP contribution in [-0.4, -0.2) is 50.7 Å². The van der Waals surface area contributed by atoms with Crippen molar-refractivity contribution in [3.63, 3.8) is 0 Å². The maximum Gasteiger partial charge on any atom is 0.263 e. The van der Waals surface area contributed by atoms with Crippen molar-refractivity contribution in [1.29, 1.82) is 0 Å². The van der Waals surface area contributed by atoms with Crippen LogP contribution in [0.25, 0.3) is 11.0 Å². The minimum atomic E-state index is -4.15. The van der Waals surface area contributed by atoms with Gasteiger partial charge < -0.3 is 31.0 Å². The van der Waals surface area contributed by atoms with E-state index in [0.717, 1.165) is 0 Å².